The van der Waals surface area contributed by atoms with Crippen LogP contribution in [-0.4, -0.2) is 35.5 Å². The Morgan fingerprint density at radius 3 is 2.33 bits per heavy atom. The predicted molar refractivity (Wildman–Crippen MR) is 64.8 cm³/mol. The number of hydrogen-bond acceptors (Lipinski definition) is 3. The summed E-state index contributed by atoms with van der Waals surface area (Å²) in [5, 5.41) is 14.2. The van der Waals surface area contributed by atoms with Crippen molar-refractivity contribution >= 4 is 17.8 Å². The van der Waals surface area contributed by atoms with Crippen molar-refractivity contribution in [1.82, 2.24) is 10.6 Å². The topological polar surface area (TPSA) is 95.5 Å². The molecule has 3 N–H and O–H groups in total. The van der Waals surface area contributed by atoms with Crippen LogP contribution in [0.4, 0.5) is 0 Å². The number of amides is 2. The van der Waals surface area contributed by atoms with Gasteiger partial charge < -0.3 is 15.7 Å². The quantitative estimate of drug-likeness (QED) is 0.603. The number of carbonyl (C=O) groups excluding carboxylic acids is 2. The van der Waals surface area contributed by atoms with E-state index in [1.165, 1.54) is 6.92 Å². The number of carbonyl (C=O) groups is 3. The average Bonchev–Trinajstić information content (AvgIpc) is 3.10. The molecule has 0 aromatic rings. The minimum atomic E-state index is -0.996. The Balaban J connectivity index is 2.19. The first-order valence-electron chi connectivity index (χ1n) is 6.21. The second kappa shape index (κ2) is 6.37. The van der Waals surface area contributed by atoms with Crippen molar-refractivity contribution in [3.05, 3.63) is 0 Å². The first-order chi connectivity index (χ1) is 8.41. The van der Waals surface area contributed by atoms with Crippen molar-refractivity contribution in [2.45, 2.75) is 39.2 Å². The minimum absolute atomic E-state index is 0.0725. The van der Waals surface area contributed by atoms with Gasteiger partial charge in [-0.25, -0.2) is 0 Å². The summed E-state index contributed by atoms with van der Waals surface area (Å²) >= 11 is 0. The summed E-state index contributed by atoms with van der Waals surface area (Å²) < 4.78 is 0. The third-order valence-electron chi connectivity index (χ3n) is 3.15. The molecule has 0 aliphatic heterocycles. The first kappa shape index (κ1) is 14.5. The number of nitrogens with one attached hydrogen (secondary N) is 2. The van der Waals surface area contributed by atoms with Crippen molar-refractivity contribution < 1.29 is 19.5 Å². The SMILES string of the molecule is CC(C(=O)O)C(C)C(=O)NCCC(=O)NC1CC1. The lowest BCUT2D eigenvalue weighted by atomic mass is 9.95. The van der Waals surface area contributed by atoms with E-state index in [2.05, 4.69) is 10.6 Å². The Morgan fingerprint density at radius 1 is 1.22 bits per heavy atom. The van der Waals surface area contributed by atoms with Gasteiger partial charge in [-0.2, -0.15) is 0 Å². The molecule has 6 nitrogen and oxygen atoms in total. The number of hydrogen-bond donors (Lipinski definition) is 3. The number of carboxylic acids is 1. The summed E-state index contributed by atoms with van der Waals surface area (Å²) in [6.07, 6.45) is 2.30. The van der Waals surface area contributed by atoms with E-state index in [1.54, 1.807) is 6.92 Å². The van der Waals surface area contributed by atoms with Gasteiger partial charge in [0.15, 0.2) is 0 Å². The van der Waals surface area contributed by atoms with Crippen LogP contribution in [0.5, 0.6) is 0 Å². The van der Waals surface area contributed by atoms with E-state index < -0.39 is 17.8 Å². The molecule has 6 heteroatoms. The van der Waals surface area contributed by atoms with E-state index in [4.69, 9.17) is 5.11 Å². The maximum Gasteiger partial charge on any atom is 0.307 e. The molecule has 2 amide bonds. The van der Waals surface area contributed by atoms with Gasteiger partial charge in [0.25, 0.3) is 0 Å². The molecule has 1 fully saturated rings. The molecule has 0 radical (unpaired) electrons. The van der Waals surface area contributed by atoms with Crippen LogP contribution in [0.2, 0.25) is 0 Å². The molecule has 1 saturated carbocycles. The summed E-state index contributed by atoms with van der Waals surface area (Å²) in [5.41, 5.74) is 0. The highest BCUT2D eigenvalue weighted by molar-refractivity contribution is 5.84. The van der Waals surface area contributed by atoms with Crippen LogP contribution in [0.1, 0.15) is 33.1 Å². The Hall–Kier alpha value is -1.59. The number of aliphatic carboxylic acids is 1. The third kappa shape index (κ3) is 4.73. The normalized spacial score (nSPS) is 17.7. The molecule has 2 atom stereocenters. The highest BCUT2D eigenvalue weighted by Gasteiger charge is 2.26. The van der Waals surface area contributed by atoms with Gasteiger partial charge in [0, 0.05) is 24.9 Å². The van der Waals surface area contributed by atoms with Gasteiger partial charge in [-0.15, -0.1) is 0 Å². The minimum Gasteiger partial charge on any atom is -0.481 e. The largest absolute Gasteiger partial charge is 0.481 e. The predicted octanol–water partition coefficient (Wildman–Crippen LogP) is 0.128. The van der Waals surface area contributed by atoms with E-state index in [0.717, 1.165) is 12.8 Å². The van der Waals surface area contributed by atoms with Crippen LogP contribution < -0.4 is 10.6 Å². The Labute approximate surface area is 106 Å². The molecule has 0 heterocycles. The zero-order chi connectivity index (χ0) is 13.7. The van der Waals surface area contributed by atoms with Gasteiger partial charge in [-0.3, -0.25) is 14.4 Å². The number of carboxylic acid groups (broad SMARTS) is 1. The van der Waals surface area contributed by atoms with Crippen LogP contribution in [0.15, 0.2) is 0 Å². The summed E-state index contributed by atoms with van der Waals surface area (Å²) in [7, 11) is 0. The molecular weight excluding hydrogens is 236 g/mol. The zero-order valence-electron chi connectivity index (χ0n) is 10.7. The van der Waals surface area contributed by atoms with E-state index in [9.17, 15) is 14.4 Å². The fraction of sp³-hybridized carbons (Fsp3) is 0.750. The van der Waals surface area contributed by atoms with Gasteiger partial charge >= 0.3 is 5.97 Å². The van der Waals surface area contributed by atoms with Gasteiger partial charge in [0.05, 0.1) is 5.92 Å². The van der Waals surface area contributed by atoms with Gasteiger partial charge in [-0.05, 0) is 12.8 Å². The van der Waals surface area contributed by atoms with E-state index >= 15 is 0 Å². The lowest BCUT2D eigenvalue weighted by Crippen LogP contribution is -2.37. The molecule has 1 aliphatic rings. The fourth-order valence-electron chi connectivity index (χ4n) is 1.43. The molecule has 1 aliphatic carbocycles. The summed E-state index contributed by atoms with van der Waals surface area (Å²) in [6.45, 7) is 3.30. The average molecular weight is 256 g/mol. The zero-order valence-corrected chi connectivity index (χ0v) is 10.7. The second-order valence-corrected chi connectivity index (χ2v) is 4.80. The maximum absolute atomic E-state index is 11.6. The molecule has 1 rings (SSSR count). The molecular formula is C12H20N2O4. The molecule has 0 saturated heterocycles. The van der Waals surface area contributed by atoms with E-state index in [1.807, 2.05) is 0 Å². The van der Waals surface area contributed by atoms with Crippen molar-refractivity contribution in [2.24, 2.45) is 11.8 Å². The lowest BCUT2D eigenvalue weighted by molar-refractivity contribution is -0.146. The molecule has 0 bridgehead atoms. The maximum atomic E-state index is 11.6. The Kier molecular flexibility index (Phi) is 5.12. The molecule has 0 aromatic heterocycles. The van der Waals surface area contributed by atoms with Gasteiger partial charge in [0.2, 0.25) is 11.8 Å². The molecule has 0 spiro atoms. The van der Waals surface area contributed by atoms with Gasteiger partial charge in [-0.1, -0.05) is 13.8 Å². The molecule has 102 valence electrons. The highest BCUT2D eigenvalue weighted by atomic mass is 16.4. The smallest absolute Gasteiger partial charge is 0.307 e. The van der Waals surface area contributed by atoms with Crippen LogP contribution in [0.25, 0.3) is 0 Å². The van der Waals surface area contributed by atoms with E-state index in [-0.39, 0.29) is 24.8 Å². The summed E-state index contributed by atoms with van der Waals surface area (Å²) in [4.78, 5) is 33.6. The lowest BCUT2D eigenvalue weighted by Gasteiger charge is -2.15. The molecule has 0 aromatic carbocycles. The monoisotopic (exact) mass is 256 g/mol. The Bertz CT molecular complexity index is 339. The first-order valence-corrected chi connectivity index (χ1v) is 6.21. The molecule has 2 unspecified atom stereocenters. The Morgan fingerprint density at radius 2 is 1.83 bits per heavy atom. The van der Waals surface area contributed by atoms with Crippen molar-refractivity contribution in [1.29, 1.82) is 0 Å². The molecule has 18 heavy (non-hydrogen) atoms. The standard InChI is InChI=1S/C12H20N2O4/c1-7(8(2)12(17)18)11(16)13-6-5-10(15)14-9-3-4-9/h7-9H,3-6H2,1-2H3,(H,13,16)(H,14,15)(H,17,18). The number of rotatable bonds is 7. The van der Waals surface area contributed by atoms with Crippen LogP contribution in [-0.2, 0) is 14.4 Å². The van der Waals surface area contributed by atoms with Crippen molar-refractivity contribution in [3.8, 4) is 0 Å². The van der Waals surface area contributed by atoms with Crippen LogP contribution in [0.3, 0.4) is 0 Å². The van der Waals surface area contributed by atoms with Crippen molar-refractivity contribution in [3.63, 3.8) is 0 Å². The van der Waals surface area contributed by atoms with Gasteiger partial charge in [0.1, 0.15) is 0 Å². The summed E-state index contributed by atoms with van der Waals surface area (Å²) in [6, 6.07) is 0.319. The third-order valence-corrected chi connectivity index (χ3v) is 3.15. The van der Waals surface area contributed by atoms with E-state index in [0.29, 0.717) is 6.04 Å². The summed E-state index contributed by atoms with van der Waals surface area (Å²) in [5.74, 6) is -2.73. The second-order valence-electron chi connectivity index (χ2n) is 4.80. The van der Waals surface area contributed by atoms with Crippen molar-refractivity contribution in [2.75, 3.05) is 6.54 Å². The van der Waals surface area contributed by atoms with Crippen LogP contribution in [0, 0.1) is 11.8 Å². The van der Waals surface area contributed by atoms with Crippen LogP contribution >= 0.6 is 0 Å². The highest BCUT2D eigenvalue weighted by Crippen LogP contribution is 2.18. The fourth-order valence-corrected chi connectivity index (χ4v) is 1.43.